The summed E-state index contributed by atoms with van der Waals surface area (Å²) in [6.45, 7) is 0. The number of rotatable bonds is 6. The molecule has 258 valence electrons. The average Bonchev–Trinajstić information content (AvgIpc) is 3.82. The molecule has 0 N–H and O–H groups in total. The minimum atomic E-state index is 0.854. The number of anilines is 3. The monoisotopic (exact) mass is 703 g/mol. The van der Waals surface area contributed by atoms with Crippen LogP contribution in [-0.2, 0) is 0 Å². The molecule has 0 spiro atoms. The average molecular weight is 704 g/mol. The maximum Gasteiger partial charge on any atom is 0.137 e. The second-order valence-corrected chi connectivity index (χ2v) is 14.1. The minimum Gasteiger partial charge on any atom is -0.456 e. The van der Waals surface area contributed by atoms with Gasteiger partial charge in [0.05, 0.1) is 5.69 Å². The van der Waals surface area contributed by atoms with E-state index in [9.17, 15) is 0 Å². The van der Waals surface area contributed by atoms with Crippen LogP contribution in [0.2, 0.25) is 0 Å². The summed E-state index contributed by atoms with van der Waals surface area (Å²) in [5, 5.41) is 6.94. The minimum absolute atomic E-state index is 0.854. The zero-order chi connectivity index (χ0) is 36.3. The van der Waals surface area contributed by atoms with E-state index >= 15 is 0 Å². The second kappa shape index (κ2) is 12.6. The van der Waals surface area contributed by atoms with Gasteiger partial charge in [0.15, 0.2) is 0 Å². The number of nitrogens with zero attached hydrogens (tertiary/aromatic N) is 1. The van der Waals surface area contributed by atoms with E-state index in [1.807, 2.05) is 24.3 Å². The van der Waals surface area contributed by atoms with Gasteiger partial charge >= 0.3 is 0 Å². The van der Waals surface area contributed by atoms with Crippen LogP contribution >= 0.6 is 0 Å². The molecule has 9 aromatic carbocycles. The van der Waals surface area contributed by atoms with Crippen molar-refractivity contribution in [2.45, 2.75) is 0 Å². The SMILES string of the molecule is c1ccc(N(c2ccc(-c3ccc(-c4ccc5ccccc5c4)cc3)cc2)c2ccc3c(c2)oc2ccccc23)c(-c2cccc3oc4ccccc4c23)c1. The van der Waals surface area contributed by atoms with Crippen molar-refractivity contribution in [1.29, 1.82) is 0 Å². The summed E-state index contributed by atoms with van der Waals surface area (Å²) in [6.07, 6.45) is 0. The summed E-state index contributed by atoms with van der Waals surface area (Å²) in [6, 6.07) is 71.0. The van der Waals surface area contributed by atoms with E-state index < -0.39 is 0 Å². The van der Waals surface area contributed by atoms with Gasteiger partial charge in [0.1, 0.15) is 22.3 Å². The third-order valence-corrected chi connectivity index (χ3v) is 10.9. The highest BCUT2D eigenvalue weighted by Gasteiger charge is 2.21. The van der Waals surface area contributed by atoms with Crippen molar-refractivity contribution >= 4 is 71.7 Å². The Morgan fingerprint density at radius 1 is 0.309 bits per heavy atom. The number of hydrogen-bond acceptors (Lipinski definition) is 3. The van der Waals surface area contributed by atoms with E-state index in [0.717, 1.165) is 77.6 Å². The molecule has 0 radical (unpaired) electrons. The third kappa shape index (κ3) is 5.28. The Bertz CT molecular complexity index is 3200. The Labute approximate surface area is 317 Å². The molecule has 0 aliphatic heterocycles. The van der Waals surface area contributed by atoms with Crippen LogP contribution in [0.15, 0.2) is 209 Å². The third-order valence-electron chi connectivity index (χ3n) is 10.9. The highest BCUT2D eigenvalue weighted by Crippen LogP contribution is 2.46. The van der Waals surface area contributed by atoms with Gasteiger partial charge in [-0.3, -0.25) is 0 Å². The summed E-state index contributed by atoms with van der Waals surface area (Å²) in [5.74, 6) is 0. The molecule has 0 fully saturated rings. The molecule has 11 rings (SSSR count). The molecule has 0 unspecified atom stereocenters. The smallest absolute Gasteiger partial charge is 0.137 e. The fourth-order valence-electron chi connectivity index (χ4n) is 8.20. The number of fused-ring (bicyclic) bond motifs is 7. The van der Waals surface area contributed by atoms with Gasteiger partial charge in [0, 0.05) is 44.5 Å². The van der Waals surface area contributed by atoms with Crippen molar-refractivity contribution in [2.24, 2.45) is 0 Å². The molecule has 0 saturated heterocycles. The van der Waals surface area contributed by atoms with Crippen molar-refractivity contribution in [3.63, 3.8) is 0 Å². The predicted octanol–water partition coefficient (Wildman–Crippen LogP) is 15.1. The fraction of sp³-hybridized carbons (Fsp3) is 0. The lowest BCUT2D eigenvalue weighted by molar-refractivity contribution is 0.668. The van der Waals surface area contributed by atoms with E-state index in [4.69, 9.17) is 8.83 Å². The lowest BCUT2D eigenvalue weighted by atomic mass is 9.96. The lowest BCUT2D eigenvalue weighted by Gasteiger charge is -2.28. The fourth-order valence-corrected chi connectivity index (χ4v) is 8.20. The molecule has 55 heavy (non-hydrogen) atoms. The van der Waals surface area contributed by atoms with Gasteiger partial charge in [-0.25, -0.2) is 0 Å². The quantitative estimate of drug-likeness (QED) is 0.173. The summed E-state index contributed by atoms with van der Waals surface area (Å²) in [4.78, 5) is 2.34. The highest BCUT2D eigenvalue weighted by atomic mass is 16.3. The maximum absolute atomic E-state index is 6.43. The number of benzene rings is 9. The Balaban J connectivity index is 1.03. The number of furan rings is 2. The van der Waals surface area contributed by atoms with Gasteiger partial charge in [-0.1, -0.05) is 140 Å². The van der Waals surface area contributed by atoms with Crippen LogP contribution < -0.4 is 4.90 Å². The van der Waals surface area contributed by atoms with Crippen LogP contribution in [-0.4, -0.2) is 0 Å². The van der Waals surface area contributed by atoms with E-state index in [2.05, 4.69) is 181 Å². The van der Waals surface area contributed by atoms with E-state index in [1.165, 1.54) is 27.5 Å². The van der Waals surface area contributed by atoms with Gasteiger partial charge in [-0.15, -0.1) is 0 Å². The van der Waals surface area contributed by atoms with Crippen molar-refractivity contribution in [2.75, 3.05) is 4.90 Å². The summed E-state index contributed by atoms with van der Waals surface area (Å²) in [7, 11) is 0. The molecule has 0 aliphatic rings. The van der Waals surface area contributed by atoms with Crippen LogP contribution in [0.3, 0.4) is 0 Å². The van der Waals surface area contributed by atoms with Crippen LogP contribution in [0.5, 0.6) is 0 Å². The van der Waals surface area contributed by atoms with E-state index in [1.54, 1.807) is 0 Å². The zero-order valence-electron chi connectivity index (χ0n) is 29.8. The normalized spacial score (nSPS) is 11.6. The van der Waals surface area contributed by atoms with Gasteiger partial charge in [-0.05, 0) is 93.2 Å². The highest BCUT2D eigenvalue weighted by molar-refractivity contribution is 6.14. The van der Waals surface area contributed by atoms with Gasteiger partial charge < -0.3 is 13.7 Å². The molecule has 0 aliphatic carbocycles. The number of hydrogen-bond donors (Lipinski definition) is 0. The molecule has 0 amide bonds. The molecule has 0 bridgehead atoms. The standard InChI is InChI=1S/C52H33NO2/c1-2-11-38-32-39(25-24-34(38)10-1)37-22-20-35(21-23-37)36-26-28-40(29-27-36)53(41-30-31-44-43-13-4-7-17-48(43)55-51(44)33-41)47-16-6-3-12-42(47)45-15-9-19-50-52(45)46-14-5-8-18-49(46)54-50/h1-33H. The molecular weight excluding hydrogens is 671 g/mol. The molecule has 2 heterocycles. The van der Waals surface area contributed by atoms with Crippen molar-refractivity contribution in [3.8, 4) is 33.4 Å². The van der Waals surface area contributed by atoms with Crippen LogP contribution in [0, 0.1) is 0 Å². The van der Waals surface area contributed by atoms with Crippen LogP contribution in [0.1, 0.15) is 0 Å². The van der Waals surface area contributed by atoms with Gasteiger partial charge in [-0.2, -0.15) is 0 Å². The second-order valence-electron chi connectivity index (χ2n) is 14.1. The molecule has 0 atom stereocenters. The van der Waals surface area contributed by atoms with E-state index in [0.29, 0.717) is 0 Å². The Kier molecular flexibility index (Phi) is 7.17. The van der Waals surface area contributed by atoms with Gasteiger partial charge in [0.25, 0.3) is 0 Å². The summed E-state index contributed by atoms with van der Waals surface area (Å²) >= 11 is 0. The Morgan fingerprint density at radius 2 is 0.855 bits per heavy atom. The maximum atomic E-state index is 6.43. The van der Waals surface area contributed by atoms with Crippen LogP contribution in [0.25, 0.3) is 88.0 Å². The first-order valence-electron chi connectivity index (χ1n) is 18.7. The zero-order valence-corrected chi connectivity index (χ0v) is 29.8. The van der Waals surface area contributed by atoms with E-state index in [-0.39, 0.29) is 0 Å². The van der Waals surface area contributed by atoms with Gasteiger partial charge in [0.2, 0.25) is 0 Å². The lowest BCUT2D eigenvalue weighted by Crippen LogP contribution is -2.11. The first-order valence-corrected chi connectivity index (χ1v) is 18.7. The molecule has 2 aromatic heterocycles. The Morgan fingerprint density at radius 3 is 1.67 bits per heavy atom. The first kappa shape index (κ1) is 31.2. The molecule has 0 saturated carbocycles. The van der Waals surface area contributed by atoms with Crippen molar-refractivity contribution in [1.82, 2.24) is 0 Å². The molecular formula is C52H33NO2. The number of para-hydroxylation sites is 3. The summed E-state index contributed by atoms with van der Waals surface area (Å²) in [5.41, 5.74) is 13.6. The molecule has 3 heteroatoms. The van der Waals surface area contributed by atoms with Crippen LogP contribution in [0.4, 0.5) is 17.1 Å². The summed E-state index contributed by atoms with van der Waals surface area (Å²) < 4.78 is 12.8. The predicted molar refractivity (Wildman–Crippen MR) is 229 cm³/mol. The first-order chi connectivity index (χ1) is 27.2. The Hall–Kier alpha value is -7.36. The molecule has 11 aromatic rings. The topological polar surface area (TPSA) is 29.5 Å². The van der Waals surface area contributed by atoms with Crippen molar-refractivity contribution < 1.29 is 8.83 Å². The van der Waals surface area contributed by atoms with Crippen molar-refractivity contribution in [3.05, 3.63) is 200 Å². The largest absolute Gasteiger partial charge is 0.456 e. The molecule has 3 nitrogen and oxygen atoms in total.